The first-order valence-corrected chi connectivity index (χ1v) is 15.3. The zero-order chi connectivity index (χ0) is 32.6. The topological polar surface area (TPSA) is 140 Å². The van der Waals surface area contributed by atoms with Gasteiger partial charge in [0.05, 0.1) is 0 Å². The Labute approximate surface area is 268 Å². The van der Waals surface area contributed by atoms with E-state index in [0.29, 0.717) is 19.4 Å². The molecule has 2 N–H and O–H groups in total. The molecule has 4 rings (SSSR count). The molecule has 0 saturated carbocycles. The first-order valence-electron chi connectivity index (χ1n) is 15.3. The minimum atomic E-state index is -1.09. The van der Waals surface area contributed by atoms with Gasteiger partial charge in [0, 0.05) is 25.4 Å². The van der Waals surface area contributed by atoms with Crippen LogP contribution in [-0.4, -0.2) is 59.9 Å². The molecule has 1 saturated heterocycles. The van der Waals surface area contributed by atoms with E-state index >= 15 is 0 Å². The Morgan fingerprint density at radius 2 is 1.28 bits per heavy atom. The van der Waals surface area contributed by atoms with Gasteiger partial charge in [0.15, 0.2) is 0 Å². The number of rotatable bonds is 15. The highest BCUT2D eigenvalue weighted by Crippen LogP contribution is 2.20. The summed E-state index contributed by atoms with van der Waals surface area (Å²) < 4.78 is 16.0. The standard InChI is InChI=1S/C35H39N3O8/c39-31(21-29-17-10-20-38(29)32(40)22-36-35(43)46-25-28-15-8-3-9-16-28)37-30(34(42)45-24-27-13-6-2-7-14-27)18-19-33(41)44-23-26-11-4-1-5-12-26/h1-9,11-16,29-30H,10,17-25H2,(H,36,43)(H,37,39)/t29-,30-/m0/s1. The van der Waals surface area contributed by atoms with E-state index in [1.165, 1.54) is 0 Å². The van der Waals surface area contributed by atoms with Gasteiger partial charge >= 0.3 is 18.0 Å². The van der Waals surface area contributed by atoms with Gasteiger partial charge in [-0.1, -0.05) is 91.0 Å². The fourth-order valence-corrected chi connectivity index (χ4v) is 5.02. The first kappa shape index (κ1) is 33.7. The Kier molecular flexibility index (Phi) is 13.1. The average Bonchev–Trinajstić information content (AvgIpc) is 3.55. The van der Waals surface area contributed by atoms with Gasteiger partial charge in [-0.05, 0) is 36.0 Å². The van der Waals surface area contributed by atoms with Gasteiger partial charge in [-0.25, -0.2) is 9.59 Å². The summed E-state index contributed by atoms with van der Waals surface area (Å²) >= 11 is 0. The van der Waals surface area contributed by atoms with E-state index in [9.17, 15) is 24.0 Å². The van der Waals surface area contributed by atoms with Gasteiger partial charge in [0.1, 0.15) is 32.4 Å². The number of benzene rings is 3. The summed E-state index contributed by atoms with van der Waals surface area (Å²) in [5.41, 5.74) is 2.43. The lowest BCUT2D eigenvalue weighted by molar-refractivity contribution is -0.151. The van der Waals surface area contributed by atoms with Crippen LogP contribution in [0.3, 0.4) is 0 Å². The second-order valence-electron chi connectivity index (χ2n) is 10.9. The predicted octanol–water partition coefficient (Wildman–Crippen LogP) is 4.05. The number of likely N-dealkylation sites (tertiary alicyclic amines) is 1. The summed E-state index contributed by atoms with van der Waals surface area (Å²) in [5, 5.41) is 5.17. The maximum Gasteiger partial charge on any atom is 0.407 e. The highest BCUT2D eigenvalue weighted by atomic mass is 16.5. The number of nitrogens with one attached hydrogen (secondary N) is 2. The lowest BCUT2D eigenvalue weighted by Crippen LogP contribution is -2.47. The number of carbonyl (C=O) groups excluding carboxylic acids is 5. The normalized spacial score (nSPS) is 14.5. The molecule has 0 bridgehead atoms. The van der Waals surface area contributed by atoms with E-state index in [-0.39, 0.29) is 51.5 Å². The molecule has 1 fully saturated rings. The zero-order valence-corrected chi connectivity index (χ0v) is 25.6. The summed E-state index contributed by atoms with van der Waals surface area (Å²) in [6.07, 6.45) is 0.383. The summed E-state index contributed by atoms with van der Waals surface area (Å²) in [4.78, 5) is 65.2. The predicted molar refractivity (Wildman–Crippen MR) is 168 cm³/mol. The van der Waals surface area contributed by atoms with E-state index in [4.69, 9.17) is 14.2 Å². The fourth-order valence-electron chi connectivity index (χ4n) is 5.02. The minimum Gasteiger partial charge on any atom is -0.461 e. The third-order valence-electron chi connectivity index (χ3n) is 7.44. The number of carbonyl (C=O) groups is 5. The molecule has 46 heavy (non-hydrogen) atoms. The smallest absolute Gasteiger partial charge is 0.407 e. The van der Waals surface area contributed by atoms with Crippen molar-refractivity contribution in [3.63, 3.8) is 0 Å². The monoisotopic (exact) mass is 629 g/mol. The molecule has 0 radical (unpaired) electrons. The van der Waals surface area contributed by atoms with Crippen molar-refractivity contribution in [1.82, 2.24) is 15.5 Å². The molecule has 3 amide bonds. The number of esters is 2. The third-order valence-corrected chi connectivity index (χ3v) is 7.44. The van der Waals surface area contributed by atoms with Crippen LogP contribution >= 0.6 is 0 Å². The van der Waals surface area contributed by atoms with Crippen molar-refractivity contribution in [2.45, 2.75) is 64.0 Å². The highest BCUT2D eigenvalue weighted by Gasteiger charge is 2.32. The lowest BCUT2D eigenvalue weighted by atomic mass is 10.1. The maximum absolute atomic E-state index is 13.1. The summed E-state index contributed by atoms with van der Waals surface area (Å²) in [6.45, 7) is 0.349. The Bertz CT molecular complexity index is 1440. The molecular weight excluding hydrogens is 590 g/mol. The second-order valence-corrected chi connectivity index (χ2v) is 10.9. The number of hydrogen-bond acceptors (Lipinski definition) is 8. The molecule has 0 unspecified atom stereocenters. The minimum absolute atomic E-state index is 0.0101. The molecule has 3 aromatic rings. The maximum atomic E-state index is 13.1. The average molecular weight is 630 g/mol. The van der Waals surface area contributed by atoms with Crippen molar-refractivity contribution < 1.29 is 38.2 Å². The van der Waals surface area contributed by atoms with Crippen LogP contribution in [0.5, 0.6) is 0 Å². The van der Waals surface area contributed by atoms with Crippen molar-refractivity contribution in [2.75, 3.05) is 13.1 Å². The number of hydrogen-bond donors (Lipinski definition) is 2. The molecule has 1 aliphatic heterocycles. The van der Waals surface area contributed by atoms with Crippen LogP contribution in [0, 0.1) is 0 Å². The second kappa shape index (κ2) is 17.9. The van der Waals surface area contributed by atoms with Crippen LogP contribution in [0.4, 0.5) is 4.79 Å². The van der Waals surface area contributed by atoms with E-state index in [1.807, 2.05) is 91.0 Å². The van der Waals surface area contributed by atoms with Crippen LogP contribution in [-0.2, 0) is 53.2 Å². The molecule has 242 valence electrons. The molecule has 1 heterocycles. The molecule has 0 aliphatic carbocycles. The summed E-state index contributed by atoms with van der Waals surface area (Å²) in [7, 11) is 0. The number of ether oxygens (including phenoxy) is 3. The van der Waals surface area contributed by atoms with Crippen molar-refractivity contribution in [3.8, 4) is 0 Å². The van der Waals surface area contributed by atoms with Crippen LogP contribution in [0.15, 0.2) is 91.0 Å². The lowest BCUT2D eigenvalue weighted by Gasteiger charge is -2.25. The van der Waals surface area contributed by atoms with E-state index in [0.717, 1.165) is 16.7 Å². The number of amides is 3. The molecule has 11 heteroatoms. The molecule has 2 atom stereocenters. The highest BCUT2D eigenvalue weighted by molar-refractivity contribution is 5.86. The van der Waals surface area contributed by atoms with Crippen molar-refractivity contribution in [3.05, 3.63) is 108 Å². The van der Waals surface area contributed by atoms with Gasteiger partial charge in [-0.3, -0.25) is 14.4 Å². The summed E-state index contributed by atoms with van der Waals surface area (Å²) in [6, 6.07) is 26.0. The number of nitrogens with zero attached hydrogens (tertiary/aromatic N) is 1. The third kappa shape index (κ3) is 11.4. The van der Waals surface area contributed by atoms with Crippen LogP contribution in [0.1, 0.15) is 48.8 Å². The van der Waals surface area contributed by atoms with Crippen LogP contribution < -0.4 is 10.6 Å². The van der Waals surface area contributed by atoms with Gasteiger partial charge in [-0.2, -0.15) is 0 Å². The Morgan fingerprint density at radius 3 is 1.87 bits per heavy atom. The van der Waals surface area contributed by atoms with E-state index in [1.54, 1.807) is 4.90 Å². The Balaban J connectivity index is 1.27. The van der Waals surface area contributed by atoms with Crippen molar-refractivity contribution in [2.24, 2.45) is 0 Å². The summed E-state index contributed by atoms with van der Waals surface area (Å²) in [5.74, 6) is -1.99. The van der Waals surface area contributed by atoms with Crippen molar-refractivity contribution in [1.29, 1.82) is 0 Å². The fraction of sp³-hybridized carbons (Fsp3) is 0.343. The van der Waals surface area contributed by atoms with E-state index < -0.39 is 36.0 Å². The molecule has 11 nitrogen and oxygen atoms in total. The molecular formula is C35H39N3O8. The Morgan fingerprint density at radius 1 is 0.739 bits per heavy atom. The molecule has 0 aromatic heterocycles. The quantitative estimate of drug-likeness (QED) is 0.190. The zero-order valence-electron chi connectivity index (χ0n) is 25.6. The Hall–Kier alpha value is -5.19. The van der Waals surface area contributed by atoms with Gasteiger partial charge in [0.25, 0.3) is 0 Å². The van der Waals surface area contributed by atoms with Crippen molar-refractivity contribution >= 4 is 29.8 Å². The molecule has 0 spiro atoms. The van der Waals surface area contributed by atoms with E-state index in [2.05, 4.69) is 10.6 Å². The largest absolute Gasteiger partial charge is 0.461 e. The first-order chi connectivity index (χ1) is 22.4. The van der Waals surface area contributed by atoms with Gasteiger partial charge in [-0.15, -0.1) is 0 Å². The molecule has 3 aromatic carbocycles. The van der Waals surface area contributed by atoms with Gasteiger partial charge < -0.3 is 29.7 Å². The number of alkyl carbamates (subject to hydrolysis) is 1. The molecule has 1 aliphatic rings. The van der Waals surface area contributed by atoms with Gasteiger partial charge in [0.2, 0.25) is 11.8 Å². The SMILES string of the molecule is O=C(C[C@@H]1CCCN1C(=O)CNC(=O)OCc1ccccc1)N[C@@H](CCC(=O)OCc1ccccc1)C(=O)OCc1ccccc1. The van der Waals surface area contributed by atoms with Crippen LogP contribution in [0.25, 0.3) is 0 Å². The van der Waals surface area contributed by atoms with Crippen LogP contribution in [0.2, 0.25) is 0 Å².